The molecule has 0 aliphatic heterocycles. The molecule has 0 aliphatic carbocycles. The molecule has 0 atom stereocenters. The highest BCUT2D eigenvalue weighted by Crippen LogP contribution is 2.35. The Morgan fingerprint density at radius 2 is 1.38 bits per heavy atom. The summed E-state index contributed by atoms with van der Waals surface area (Å²) in [5, 5.41) is 4.21. The number of aromatic nitrogens is 2. The summed E-state index contributed by atoms with van der Waals surface area (Å²) in [6.07, 6.45) is 0. The van der Waals surface area contributed by atoms with Gasteiger partial charge in [-0.15, -0.1) is 0 Å². The lowest BCUT2D eigenvalue weighted by molar-refractivity contribution is 0.400. The van der Waals surface area contributed by atoms with E-state index in [2.05, 4.69) is 21.1 Å². The van der Waals surface area contributed by atoms with Gasteiger partial charge in [0.1, 0.15) is 11.5 Å². The van der Waals surface area contributed by atoms with Gasteiger partial charge in [0.15, 0.2) is 0 Å². The standard InChI is InChI=1S/C22H19BrN2O3S/c1-14-4-5-15(2)25(14)29(26,27)20-12-8-17(9-13-20)21-16(3)28-24-22(21)18-6-10-19(23)11-7-18/h4-13H,1-3H3. The maximum Gasteiger partial charge on any atom is 0.268 e. The van der Waals surface area contributed by atoms with Crippen LogP contribution in [0.1, 0.15) is 17.1 Å². The first-order valence-corrected chi connectivity index (χ1v) is 11.3. The molecule has 2 aromatic carbocycles. The zero-order valence-corrected chi connectivity index (χ0v) is 18.6. The monoisotopic (exact) mass is 470 g/mol. The Hall–Kier alpha value is -2.64. The van der Waals surface area contributed by atoms with E-state index in [1.165, 1.54) is 3.97 Å². The number of aryl methyl sites for hydroxylation is 3. The molecule has 0 unspecified atom stereocenters. The van der Waals surface area contributed by atoms with E-state index in [4.69, 9.17) is 4.52 Å². The summed E-state index contributed by atoms with van der Waals surface area (Å²) in [5.74, 6) is 0.677. The summed E-state index contributed by atoms with van der Waals surface area (Å²) >= 11 is 3.44. The van der Waals surface area contributed by atoms with Gasteiger partial charge in [-0.2, -0.15) is 0 Å². The van der Waals surface area contributed by atoms with Crippen molar-refractivity contribution in [2.75, 3.05) is 0 Å². The molecule has 2 aromatic heterocycles. The van der Waals surface area contributed by atoms with Gasteiger partial charge >= 0.3 is 0 Å². The van der Waals surface area contributed by atoms with Crippen LogP contribution in [0.2, 0.25) is 0 Å². The van der Waals surface area contributed by atoms with E-state index in [0.29, 0.717) is 17.1 Å². The third kappa shape index (κ3) is 3.45. The van der Waals surface area contributed by atoms with Crippen molar-refractivity contribution in [1.82, 2.24) is 9.13 Å². The molecule has 0 saturated carbocycles. The number of halogens is 1. The lowest BCUT2D eigenvalue weighted by atomic mass is 10.00. The summed E-state index contributed by atoms with van der Waals surface area (Å²) in [6.45, 7) is 5.41. The Balaban J connectivity index is 1.77. The predicted octanol–water partition coefficient (Wildman–Crippen LogP) is 5.73. The maximum absolute atomic E-state index is 13.0. The fourth-order valence-electron chi connectivity index (χ4n) is 3.45. The minimum atomic E-state index is -3.65. The molecular weight excluding hydrogens is 452 g/mol. The van der Waals surface area contributed by atoms with Gasteiger partial charge in [0.2, 0.25) is 0 Å². The van der Waals surface area contributed by atoms with Crippen LogP contribution < -0.4 is 0 Å². The maximum atomic E-state index is 13.0. The number of hydrogen-bond acceptors (Lipinski definition) is 4. The smallest absolute Gasteiger partial charge is 0.268 e. The van der Waals surface area contributed by atoms with E-state index < -0.39 is 10.0 Å². The fraction of sp³-hybridized carbons (Fsp3) is 0.136. The van der Waals surface area contributed by atoms with Gasteiger partial charge in [0.25, 0.3) is 10.0 Å². The summed E-state index contributed by atoms with van der Waals surface area (Å²) in [4.78, 5) is 0.239. The molecule has 148 valence electrons. The highest BCUT2D eigenvalue weighted by molar-refractivity contribution is 9.10. The minimum Gasteiger partial charge on any atom is -0.360 e. The molecular formula is C22H19BrN2O3S. The zero-order chi connectivity index (χ0) is 20.8. The lowest BCUT2D eigenvalue weighted by Crippen LogP contribution is -2.15. The van der Waals surface area contributed by atoms with Crippen LogP contribution in [0.3, 0.4) is 0 Å². The summed E-state index contributed by atoms with van der Waals surface area (Å²) in [5.41, 5.74) is 4.71. The van der Waals surface area contributed by atoms with Crippen molar-refractivity contribution in [3.05, 3.63) is 82.3 Å². The Bertz CT molecular complexity index is 1270. The van der Waals surface area contributed by atoms with Crippen molar-refractivity contribution < 1.29 is 12.9 Å². The third-order valence-corrected chi connectivity index (χ3v) is 7.32. The largest absolute Gasteiger partial charge is 0.360 e. The zero-order valence-electron chi connectivity index (χ0n) is 16.2. The fourth-order valence-corrected chi connectivity index (χ4v) is 5.28. The molecule has 0 radical (unpaired) electrons. The molecule has 0 bridgehead atoms. The molecule has 7 heteroatoms. The van der Waals surface area contributed by atoms with Gasteiger partial charge in [0.05, 0.1) is 10.5 Å². The Kier molecular flexibility index (Phi) is 4.96. The minimum absolute atomic E-state index is 0.239. The molecule has 4 rings (SSSR count). The van der Waals surface area contributed by atoms with Crippen LogP contribution in [0.4, 0.5) is 0 Å². The second-order valence-corrected chi connectivity index (χ2v) is 9.58. The molecule has 0 saturated heterocycles. The van der Waals surface area contributed by atoms with Crippen LogP contribution in [0, 0.1) is 20.8 Å². The molecule has 0 spiro atoms. The predicted molar refractivity (Wildman–Crippen MR) is 116 cm³/mol. The number of benzene rings is 2. The first kappa shape index (κ1) is 19.7. The van der Waals surface area contributed by atoms with Crippen LogP contribution >= 0.6 is 15.9 Å². The molecule has 0 N–H and O–H groups in total. The Labute approximate surface area is 178 Å². The molecule has 29 heavy (non-hydrogen) atoms. The van der Waals surface area contributed by atoms with Crippen molar-refractivity contribution in [3.8, 4) is 22.4 Å². The number of rotatable bonds is 4. The van der Waals surface area contributed by atoms with Gasteiger partial charge in [-0.25, -0.2) is 12.4 Å². The highest BCUT2D eigenvalue weighted by Gasteiger charge is 2.22. The van der Waals surface area contributed by atoms with E-state index in [1.807, 2.05) is 31.2 Å². The molecule has 0 amide bonds. The molecule has 0 fully saturated rings. The number of hydrogen-bond donors (Lipinski definition) is 0. The Morgan fingerprint density at radius 3 is 1.97 bits per heavy atom. The Morgan fingerprint density at radius 1 is 0.828 bits per heavy atom. The summed E-state index contributed by atoms with van der Waals surface area (Å²) in [6, 6.07) is 18.2. The van der Waals surface area contributed by atoms with Crippen LogP contribution in [-0.4, -0.2) is 17.5 Å². The van der Waals surface area contributed by atoms with E-state index in [9.17, 15) is 8.42 Å². The first-order valence-electron chi connectivity index (χ1n) is 9.02. The molecule has 0 aliphatic rings. The van der Waals surface area contributed by atoms with Crippen LogP contribution in [0.25, 0.3) is 22.4 Å². The van der Waals surface area contributed by atoms with Crippen molar-refractivity contribution in [2.24, 2.45) is 0 Å². The van der Waals surface area contributed by atoms with E-state index in [0.717, 1.165) is 26.9 Å². The van der Waals surface area contributed by atoms with Gasteiger partial charge in [-0.1, -0.05) is 45.4 Å². The number of nitrogens with zero attached hydrogens (tertiary/aromatic N) is 2. The second kappa shape index (κ2) is 7.31. The average molecular weight is 471 g/mol. The highest BCUT2D eigenvalue weighted by atomic mass is 79.9. The third-order valence-electron chi connectivity index (χ3n) is 4.87. The van der Waals surface area contributed by atoms with Crippen molar-refractivity contribution >= 4 is 26.0 Å². The van der Waals surface area contributed by atoms with Gasteiger partial charge in [0, 0.05) is 21.4 Å². The van der Waals surface area contributed by atoms with Gasteiger partial charge < -0.3 is 4.52 Å². The quantitative estimate of drug-likeness (QED) is 0.381. The van der Waals surface area contributed by atoms with E-state index >= 15 is 0 Å². The molecule has 4 aromatic rings. The average Bonchev–Trinajstić information content (AvgIpc) is 3.24. The normalized spacial score (nSPS) is 11.7. The summed E-state index contributed by atoms with van der Waals surface area (Å²) in [7, 11) is -3.65. The van der Waals surface area contributed by atoms with Crippen molar-refractivity contribution in [1.29, 1.82) is 0 Å². The van der Waals surface area contributed by atoms with Crippen LogP contribution in [-0.2, 0) is 10.0 Å². The second-order valence-electron chi connectivity index (χ2n) is 6.88. The van der Waals surface area contributed by atoms with Crippen LogP contribution in [0.5, 0.6) is 0 Å². The van der Waals surface area contributed by atoms with Crippen LogP contribution in [0.15, 0.2) is 74.6 Å². The van der Waals surface area contributed by atoms with Gasteiger partial charge in [-0.05, 0) is 62.7 Å². The first-order chi connectivity index (χ1) is 13.8. The molecule has 5 nitrogen and oxygen atoms in total. The van der Waals surface area contributed by atoms with E-state index in [-0.39, 0.29) is 4.90 Å². The van der Waals surface area contributed by atoms with E-state index in [1.54, 1.807) is 50.2 Å². The lowest BCUT2D eigenvalue weighted by Gasteiger charge is -2.11. The summed E-state index contributed by atoms with van der Waals surface area (Å²) < 4.78 is 33.9. The molecule has 2 heterocycles. The SMILES string of the molecule is Cc1onc(-c2ccc(Br)cc2)c1-c1ccc(S(=O)(=O)n2c(C)ccc2C)cc1. The topological polar surface area (TPSA) is 65.1 Å². The van der Waals surface area contributed by atoms with Crippen molar-refractivity contribution in [2.45, 2.75) is 25.7 Å². The van der Waals surface area contributed by atoms with Gasteiger partial charge in [-0.3, -0.25) is 0 Å². The van der Waals surface area contributed by atoms with Crippen molar-refractivity contribution in [3.63, 3.8) is 0 Å².